The molecule has 0 N–H and O–H groups in total. The molecular formula is C16H15O4-. The zero-order valence-corrected chi connectivity index (χ0v) is 11.4. The van der Waals surface area contributed by atoms with Crippen molar-refractivity contribution < 1.29 is 19.5 Å². The summed E-state index contributed by atoms with van der Waals surface area (Å²) in [7, 11) is 0. The van der Waals surface area contributed by atoms with Crippen LogP contribution in [0.4, 0.5) is 0 Å². The molecule has 0 aromatic heterocycles. The van der Waals surface area contributed by atoms with Crippen molar-refractivity contribution in [3.05, 3.63) is 46.5 Å². The summed E-state index contributed by atoms with van der Waals surface area (Å²) in [5.41, 5.74) is 1.66. The first-order valence-electron chi connectivity index (χ1n) is 6.52. The molecule has 2 rings (SSSR count). The van der Waals surface area contributed by atoms with Crippen LogP contribution in [0.25, 0.3) is 0 Å². The summed E-state index contributed by atoms with van der Waals surface area (Å²) in [6.07, 6.45) is 0.566. The molecule has 0 fully saturated rings. The third-order valence-corrected chi connectivity index (χ3v) is 3.71. The average molecular weight is 271 g/mol. The number of benzene rings is 1. The summed E-state index contributed by atoms with van der Waals surface area (Å²) in [5.74, 6) is -2.12. The predicted octanol–water partition coefficient (Wildman–Crippen LogP) is 1.55. The normalized spacial score (nSPS) is 16.1. The molecule has 1 aliphatic carbocycles. The molecular weight excluding hydrogens is 256 g/mol. The van der Waals surface area contributed by atoms with E-state index in [0.717, 1.165) is 0 Å². The van der Waals surface area contributed by atoms with Gasteiger partial charge in [0.1, 0.15) is 0 Å². The maximum atomic E-state index is 12.4. The molecule has 0 radical (unpaired) electrons. The van der Waals surface area contributed by atoms with E-state index in [2.05, 4.69) is 0 Å². The number of hydrogen-bond donors (Lipinski definition) is 0. The molecule has 1 unspecified atom stereocenters. The Bertz CT molecular complexity index is 625. The lowest BCUT2D eigenvalue weighted by molar-refractivity contribution is -0.311. The maximum absolute atomic E-state index is 12.4. The molecule has 4 heteroatoms. The van der Waals surface area contributed by atoms with Gasteiger partial charge in [0.05, 0.1) is 0 Å². The quantitative estimate of drug-likeness (QED) is 0.832. The van der Waals surface area contributed by atoms with Crippen molar-refractivity contribution in [2.24, 2.45) is 5.92 Å². The Morgan fingerprint density at radius 2 is 1.70 bits per heavy atom. The van der Waals surface area contributed by atoms with Gasteiger partial charge >= 0.3 is 0 Å². The number of carboxylic acids is 1. The zero-order chi connectivity index (χ0) is 14.9. The lowest BCUT2D eigenvalue weighted by atomic mass is 9.82. The Labute approximate surface area is 117 Å². The Morgan fingerprint density at radius 1 is 1.15 bits per heavy atom. The van der Waals surface area contributed by atoms with Crippen molar-refractivity contribution in [2.45, 2.75) is 26.7 Å². The minimum absolute atomic E-state index is 0.156. The molecule has 20 heavy (non-hydrogen) atoms. The van der Waals surface area contributed by atoms with E-state index in [4.69, 9.17) is 0 Å². The molecule has 0 bridgehead atoms. The monoisotopic (exact) mass is 271 g/mol. The second-order valence-electron chi connectivity index (χ2n) is 5.07. The van der Waals surface area contributed by atoms with E-state index in [0.29, 0.717) is 22.3 Å². The lowest BCUT2D eigenvalue weighted by Gasteiger charge is -2.20. The van der Waals surface area contributed by atoms with Gasteiger partial charge in [-0.1, -0.05) is 31.2 Å². The minimum atomic E-state index is -1.14. The number of rotatable bonds is 4. The van der Waals surface area contributed by atoms with Crippen molar-refractivity contribution in [3.63, 3.8) is 0 Å². The van der Waals surface area contributed by atoms with Crippen molar-refractivity contribution in [1.29, 1.82) is 0 Å². The van der Waals surface area contributed by atoms with Gasteiger partial charge in [0.25, 0.3) is 0 Å². The third-order valence-electron chi connectivity index (χ3n) is 3.71. The molecule has 104 valence electrons. The van der Waals surface area contributed by atoms with Crippen LogP contribution in [0.3, 0.4) is 0 Å². The average Bonchev–Trinajstić information content (AvgIpc) is 2.44. The van der Waals surface area contributed by atoms with Gasteiger partial charge in [-0.15, -0.1) is 0 Å². The van der Waals surface area contributed by atoms with E-state index in [9.17, 15) is 19.5 Å². The van der Waals surface area contributed by atoms with Gasteiger partial charge in [-0.2, -0.15) is 0 Å². The van der Waals surface area contributed by atoms with Gasteiger partial charge < -0.3 is 9.90 Å². The van der Waals surface area contributed by atoms with Crippen LogP contribution >= 0.6 is 0 Å². The van der Waals surface area contributed by atoms with Crippen molar-refractivity contribution >= 4 is 17.5 Å². The van der Waals surface area contributed by atoms with Gasteiger partial charge in [-0.05, 0) is 25.7 Å². The lowest BCUT2D eigenvalue weighted by Crippen LogP contribution is -2.30. The number of carbonyl (C=O) groups excluding carboxylic acids is 3. The van der Waals surface area contributed by atoms with Gasteiger partial charge in [0, 0.05) is 28.2 Å². The van der Waals surface area contributed by atoms with Gasteiger partial charge in [-0.3, -0.25) is 9.59 Å². The summed E-state index contributed by atoms with van der Waals surface area (Å²) in [6.45, 7) is 3.16. The van der Waals surface area contributed by atoms with E-state index in [1.807, 2.05) is 0 Å². The van der Waals surface area contributed by atoms with Crippen LogP contribution in [-0.2, 0) is 4.79 Å². The van der Waals surface area contributed by atoms with E-state index in [1.54, 1.807) is 31.2 Å². The van der Waals surface area contributed by atoms with Gasteiger partial charge in [0.2, 0.25) is 0 Å². The van der Waals surface area contributed by atoms with E-state index in [1.165, 1.54) is 6.92 Å². The van der Waals surface area contributed by atoms with Crippen molar-refractivity contribution in [1.82, 2.24) is 0 Å². The van der Waals surface area contributed by atoms with Crippen LogP contribution < -0.4 is 5.11 Å². The SMILES string of the molecule is CC1=C(CCC(C)C(=O)[O-])C(=O)c2ccccc2C1=O. The molecule has 1 atom stereocenters. The van der Waals surface area contributed by atoms with Crippen LogP contribution in [0.2, 0.25) is 0 Å². The number of carboxylic acid groups (broad SMARTS) is 1. The minimum Gasteiger partial charge on any atom is -0.550 e. The molecule has 1 aromatic carbocycles. The molecule has 0 heterocycles. The Hall–Kier alpha value is -2.23. The smallest absolute Gasteiger partial charge is 0.190 e. The summed E-state index contributed by atoms with van der Waals surface area (Å²) in [4.78, 5) is 35.3. The number of fused-ring (bicyclic) bond motifs is 1. The highest BCUT2D eigenvalue weighted by atomic mass is 16.4. The first-order chi connectivity index (χ1) is 9.43. The predicted molar refractivity (Wildman–Crippen MR) is 71.2 cm³/mol. The number of aliphatic carboxylic acids is 1. The molecule has 4 nitrogen and oxygen atoms in total. The molecule has 0 saturated heterocycles. The number of hydrogen-bond acceptors (Lipinski definition) is 4. The van der Waals surface area contributed by atoms with Crippen molar-refractivity contribution in [3.8, 4) is 0 Å². The van der Waals surface area contributed by atoms with Crippen LogP contribution in [0.5, 0.6) is 0 Å². The highest BCUT2D eigenvalue weighted by Gasteiger charge is 2.29. The number of allylic oxidation sites excluding steroid dienone is 2. The molecule has 0 saturated carbocycles. The maximum Gasteiger partial charge on any atom is 0.190 e. The fourth-order valence-corrected chi connectivity index (χ4v) is 2.33. The molecule has 1 aliphatic rings. The fourth-order valence-electron chi connectivity index (χ4n) is 2.33. The second kappa shape index (κ2) is 5.41. The summed E-state index contributed by atoms with van der Waals surface area (Å²) < 4.78 is 0. The summed E-state index contributed by atoms with van der Waals surface area (Å²) >= 11 is 0. The highest BCUT2D eigenvalue weighted by molar-refractivity contribution is 6.26. The van der Waals surface area contributed by atoms with Crippen LogP contribution in [0.15, 0.2) is 35.4 Å². The Kier molecular flexibility index (Phi) is 3.84. The van der Waals surface area contributed by atoms with E-state index < -0.39 is 11.9 Å². The zero-order valence-electron chi connectivity index (χ0n) is 11.4. The molecule has 0 spiro atoms. The number of ketones is 2. The Morgan fingerprint density at radius 3 is 2.25 bits per heavy atom. The first kappa shape index (κ1) is 14.2. The van der Waals surface area contributed by atoms with Gasteiger partial charge in [-0.25, -0.2) is 0 Å². The second-order valence-corrected chi connectivity index (χ2v) is 5.07. The number of Topliss-reactive ketones (excluding diaryl/α,β-unsaturated/α-hetero) is 2. The fraction of sp³-hybridized carbons (Fsp3) is 0.312. The first-order valence-corrected chi connectivity index (χ1v) is 6.52. The van der Waals surface area contributed by atoms with E-state index >= 15 is 0 Å². The summed E-state index contributed by atoms with van der Waals surface area (Å²) in [5, 5.41) is 10.7. The van der Waals surface area contributed by atoms with Crippen molar-refractivity contribution in [2.75, 3.05) is 0 Å². The standard InChI is InChI=1S/C16H16O4/c1-9(16(19)20)7-8-11-10(2)14(17)12-5-3-4-6-13(12)15(11)18/h3-6,9H,7-8H2,1-2H3,(H,19,20)/p-1. The third kappa shape index (κ3) is 2.41. The van der Waals surface area contributed by atoms with Crippen LogP contribution in [0, 0.1) is 5.92 Å². The Balaban J connectivity index is 2.30. The molecule has 0 aliphatic heterocycles. The van der Waals surface area contributed by atoms with Crippen LogP contribution in [0.1, 0.15) is 47.4 Å². The van der Waals surface area contributed by atoms with Crippen LogP contribution in [-0.4, -0.2) is 17.5 Å². The van der Waals surface area contributed by atoms with E-state index in [-0.39, 0.29) is 24.4 Å². The number of carbonyl (C=O) groups is 3. The van der Waals surface area contributed by atoms with Gasteiger partial charge in [0.15, 0.2) is 11.6 Å². The highest BCUT2D eigenvalue weighted by Crippen LogP contribution is 2.29. The molecule has 0 amide bonds. The topological polar surface area (TPSA) is 74.3 Å². The largest absolute Gasteiger partial charge is 0.550 e. The molecule has 1 aromatic rings. The summed E-state index contributed by atoms with van der Waals surface area (Å²) in [6, 6.07) is 6.70.